The Balaban J connectivity index is 1.66. The van der Waals surface area contributed by atoms with Gasteiger partial charge < -0.3 is 25.0 Å². The van der Waals surface area contributed by atoms with Crippen molar-refractivity contribution in [2.75, 3.05) is 18.8 Å². The van der Waals surface area contributed by atoms with Gasteiger partial charge >= 0.3 is 6.09 Å². The molecule has 1 aliphatic heterocycles. The summed E-state index contributed by atoms with van der Waals surface area (Å²) in [6.45, 7) is 6.72. The Morgan fingerprint density at radius 1 is 1.32 bits per heavy atom. The van der Waals surface area contributed by atoms with Crippen molar-refractivity contribution >= 4 is 23.1 Å². The molecule has 0 unspecified atom stereocenters. The van der Waals surface area contributed by atoms with Crippen LogP contribution in [0.1, 0.15) is 33.6 Å². The fourth-order valence-corrected chi connectivity index (χ4v) is 2.92. The van der Waals surface area contributed by atoms with Crippen LogP contribution in [0.4, 0.5) is 10.6 Å². The van der Waals surface area contributed by atoms with Gasteiger partial charge in [-0.1, -0.05) is 0 Å². The van der Waals surface area contributed by atoms with Gasteiger partial charge in [-0.3, -0.25) is 0 Å². The van der Waals surface area contributed by atoms with Crippen LogP contribution in [0.5, 0.6) is 0 Å². The molecule has 3 N–H and O–H groups in total. The number of anilines is 1. The Morgan fingerprint density at radius 2 is 2.00 bits per heavy atom. The number of piperidine rings is 1. The Hall–Kier alpha value is -2.42. The predicted octanol–water partition coefficient (Wildman–Crippen LogP) is 1.17. The maximum absolute atomic E-state index is 12.1. The number of carbonyl (C=O) groups is 1. The van der Waals surface area contributed by atoms with Gasteiger partial charge in [0.1, 0.15) is 17.4 Å². The van der Waals surface area contributed by atoms with Crippen LogP contribution in [-0.2, 0) is 11.3 Å². The summed E-state index contributed by atoms with van der Waals surface area (Å²) in [5, 5.41) is 10.9. The number of carbonyl (C=O) groups excluding carboxylic acids is 1. The zero-order valence-corrected chi connectivity index (χ0v) is 14.8. The van der Waals surface area contributed by atoms with E-state index >= 15 is 0 Å². The largest absolute Gasteiger partial charge is 0.444 e. The lowest BCUT2D eigenvalue weighted by atomic mass is 9.91. The van der Waals surface area contributed by atoms with E-state index in [1.807, 2.05) is 20.8 Å². The van der Waals surface area contributed by atoms with Gasteiger partial charge in [0.05, 0.1) is 18.5 Å². The molecule has 1 amide bonds. The first kappa shape index (κ1) is 17.4. The molecule has 9 heteroatoms. The Kier molecular flexibility index (Phi) is 4.28. The maximum atomic E-state index is 12.1. The molecule has 0 spiro atoms. The third-order valence-electron chi connectivity index (χ3n) is 4.24. The second-order valence-corrected chi connectivity index (χ2v) is 7.50. The van der Waals surface area contributed by atoms with Crippen molar-refractivity contribution in [3.05, 3.63) is 12.7 Å². The van der Waals surface area contributed by atoms with Gasteiger partial charge in [0.15, 0.2) is 11.5 Å². The smallest absolute Gasteiger partial charge is 0.410 e. The quantitative estimate of drug-likeness (QED) is 0.836. The molecule has 9 nitrogen and oxygen atoms in total. The van der Waals surface area contributed by atoms with Gasteiger partial charge in [-0.15, -0.1) is 0 Å². The molecular weight excluding hydrogens is 324 g/mol. The summed E-state index contributed by atoms with van der Waals surface area (Å²) in [5.74, 6) is 0.315. The molecule has 1 fully saturated rings. The van der Waals surface area contributed by atoms with E-state index in [0.717, 1.165) is 0 Å². The van der Waals surface area contributed by atoms with Gasteiger partial charge in [0, 0.05) is 13.1 Å². The lowest BCUT2D eigenvalue weighted by Gasteiger charge is -2.38. The van der Waals surface area contributed by atoms with Crippen LogP contribution in [0.3, 0.4) is 0 Å². The van der Waals surface area contributed by atoms with E-state index in [9.17, 15) is 9.90 Å². The van der Waals surface area contributed by atoms with Crippen molar-refractivity contribution in [3.63, 3.8) is 0 Å². The Bertz CT molecular complexity index is 774. The number of hydrogen-bond donors (Lipinski definition) is 2. The SMILES string of the molecule is CC(C)(C)OC(=O)N1CCC(O)(Cn2cnc3c(N)ncnc32)CC1. The number of nitrogens with zero attached hydrogens (tertiary/aromatic N) is 5. The van der Waals surface area contributed by atoms with Crippen molar-refractivity contribution in [1.29, 1.82) is 0 Å². The van der Waals surface area contributed by atoms with Crippen LogP contribution in [0.2, 0.25) is 0 Å². The fourth-order valence-electron chi connectivity index (χ4n) is 2.92. The molecule has 0 aromatic carbocycles. The zero-order valence-electron chi connectivity index (χ0n) is 14.8. The highest BCUT2D eigenvalue weighted by molar-refractivity contribution is 5.81. The number of aromatic nitrogens is 4. The van der Waals surface area contributed by atoms with Crippen LogP contribution < -0.4 is 5.73 Å². The summed E-state index contributed by atoms with van der Waals surface area (Å²) in [5.41, 5.74) is 5.44. The van der Waals surface area contributed by atoms with Crippen LogP contribution in [-0.4, -0.2) is 59.9 Å². The van der Waals surface area contributed by atoms with Crippen molar-refractivity contribution in [2.24, 2.45) is 0 Å². The highest BCUT2D eigenvalue weighted by atomic mass is 16.6. The zero-order chi connectivity index (χ0) is 18.2. The fraction of sp³-hybridized carbons (Fsp3) is 0.625. The van der Waals surface area contributed by atoms with Crippen LogP contribution in [0.15, 0.2) is 12.7 Å². The molecular formula is C16H24N6O3. The van der Waals surface area contributed by atoms with Crippen molar-refractivity contribution in [3.8, 4) is 0 Å². The number of aliphatic hydroxyl groups is 1. The van der Waals surface area contributed by atoms with Crippen molar-refractivity contribution < 1.29 is 14.6 Å². The summed E-state index contributed by atoms with van der Waals surface area (Å²) in [6.07, 6.45) is 3.54. The Labute approximate surface area is 145 Å². The highest BCUT2D eigenvalue weighted by Crippen LogP contribution is 2.27. The molecule has 0 radical (unpaired) electrons. The molecule has 3 rings (SSSR count). The number of nitrogens with two attached hydrogens (primary N) is 1. The summed E-state index contributed by atoms with van der Waals surface area (Å²) < 4.78 is 7.16. The summed E-state index contributed by atoms with van der Waals surface area (Å²) >= 11 is 0. The minimum absolute atomic E-state index is 0.315. The Morgan fingerprint density at radius 3 is 2.64 bits per heavy atom. The number of likely N-dealkylation sites (tertiary alicyclic amines) is 1. The van der Waals surface area contributed by atoms with Gasteiger partial charge in [0.25, 0.3) is 0 Å². The van der Waals surface area contributed by atoms with Gasteiger partial charge in [-0.2, -0.15) is 0 Å². The number of hydrogen-bond acceptors (Lipinski definition) is 7. The average molecular weight is 348 g/mol. The van der Waals surface area contributed by atoms with E-state index < -0.39 is 11.2 Å². The molecule has 3 heterocycles. The summed E-state index contributed by atoms with van der Waals surface area (Å²) in [7, 11) is 0. The highest BCUT2D eigenvalue weighted by Gasteiger charge is 2.36. The molecule has 0 aliphatic carbocycles. The van der Waals surface area contributed by atoms with E-state index in [2.05, 4.69) is 15.0 Å². The van der Waals surface area contributed by atoms with Gasteiger partial charge in [0.2, 0.25) is 0 Å². The maximum Gasteiger partial charge on any atom is 0.410 e. The molecule has 0 saturated carbocycles. The van der Waals surface area contributed by atoms with Crippen molar-refractivity contribution in [1.82, 2.24) is 24.4 Å². The number of nitrogen functional groups attached to an aromatic ring is 1. The molecule has 2 aromatic rings. The van der Waals surface area contributed by atoms with Crippen LogP contribution in [0, 0.1) is 0 Å². The second-order valence-electron chi connectivity index (χ2n) is 7.50. The lowest BCUT2D eigenvalue weighted by Crippen LogP contribution is -2.49. The van der Waals surface area contributed by atoms with Gasteiger partial charge in [-0.05, 0) is 33.6 Å². The van der Waals surface area contributed by atoms with Crippen LogP contribution in [0.25, 0.3) is 11.2 Å². The third kappa shape index (κ3) is 3.81. The number of imidazole rings is 1. The molecule has 136 valence electrons. The predicted molar refractivity (Wildman–Crippen MR) is 91.7 cm³/mol. The minimum Gasteiger partial charge on any atom is -0.444 e. The van der Waals surface area contributed by atoms with Gasteiger partial charge in [-0.25, -0.2) is 19.7 Å². The molecule has 0 atom stereocenters. The molecule has 1 aliphatic rings. The van der Waals surface area contributed by atoms with Crippen LogP contribution >= 0.6 is 0 Å². The first-order valence-electron chi connectivity index (χ1n) is 8.28. The average Bonchev–Trinajstić information content (AvgIpc) is 2.90. The van der Waals surface area contributed by atoms with E-state index in [-0.39, 0.29) is 6.09 Å². The first-order valence-corrected chi connectivity index (χ1v) is 8.28. The molecule has 2 aromatic heterocycles. The minimum atomic E-state index is -0.939. The van der Waals surface area contributed by atoms with Crippen molar-refractivity contribution in [2.45, 2.75) is 51.4 Å². The van der Waals surface area contributed by atoms with E-state index in [1.54, 1.807) is 15.8 Å². The lowest BCUT2D eigenvalue weighted by molar-refractivity contribution is -0.0409. The third-order valence-corrected chi connectivity index (χ3v) is 4.24. The first-order chi connectivity index (χ1) is 11.7. The number of fused-ring (bicyclic) bond motifs is 1. The van der Waals surface area contributed by atoms with E-state index in [4.69, 9.17) is 10.5 Å². The molecule has 1 saturated heterocycles. The molecule has 0 bridgehead atoms. The number of amides is 1. The number of rotatable bonds is 2. The topological polar surface area (TPSA) is 119 Å². The van der Waals surface area contributed by atoms with E-state index in [1.165, 1.54) is 6.33 Å². The normalized spacial score (nSPS) is 17.7. The number of ether oxygens (including phenoxy) is 1. The van der Waals surface area contributed by atoms with E-state index in [0.29, 0.717) is 49.5 Å². The summed E-state index contributed by atoms with van der Waals surface area (Å²) in [4.78, 5) is 26.1. The molecule has 25 heavy (non-hydrogen) atoms. The standard InChI is InChI=1S/C16H24N6O3/c1-15(2,3)25-14(23)21-6-4-16(24,5-7-21)8-22-10-20-11-12(17)18-9-19-13(11)22/h9-10,24H,4-8H2,1-3H3,(H2,17,18,19). The second kappa shape index (κ2) is 6.14. The summed E-state index contributed by atoms with van der Waals surface area (Å²) in [6, 6.07) is 0. The monoisotopic (exact) mass is 348 g/mol.